The Balaban J connectivity index is 1.83. The molecule has 0 aliphatic rings. The van der Waals surface area contributed by atoms with Crippen molar-refractivity contribution in [1.82, 2.24) is 4.98 Å². The van der Waals surface area contributed by atoms with Gasteiger partial charge in [-0.1, -0.05) is 12.1 Å². The maximum atomic E-state index is 12.3. The minimum Gasteiger partial charge on any atom is -0.439 e. The van der Waals surface area contributed by atoms with Gasteiger partial charge in [-0.3, -0.25) is 0 Å². The summed E-state index contributed by atoms with van der Waals surface area (Å²) in [6.45, 7) is 1.89. The number of alkyl halides is 3. The van der Waals surface area contributed by atoms with Crippen molar-refractivity contribution in [3.63, 3.8) is 0 Å². The minimum absolute atomic E-state index is 0.0864. The van der Waals surface area contributed by atoms with Crippen molar-refractivity contribution in [3.8, 4) is 17.4 Å². The highest BCUT2D eigenvalue weighted by molar-refractivity contribution is 5.80. The molecule has 1 atom stereocenters. The molecule has 0 fully saturated rings. The zero-order valence-electron chi connectivity index (χ0n) is 13.2. The van der Waals surface area contributed by atoms with Gasteiger partial charge in [0.25, 0.3) is 0 Å². The number of pyridine rings is 1. The quantitative estimate of drug-likeness (QED) is 0.725. The monoisotopic (exact) mass is 348 g/mol. The Morgan fingerprint density at radius 2 is 1.76 bits per heavy atom. The number of halogens is 3. The molecule has 0 bridgehead atoms. The first-order chi connectivity index (χ1) is 11.8. The summed E-state index contributed by atoms with van der Waals surface area (Å²) in [5.41, 5.74) is 7.54. The van der Waals surface area contributed by atoms with E-state index < -0.39 is 6.36 Å². The Hall–Kier alpha value is -2.80. The predicted octanol–water partition coefficient (Wildman–Crippen LogP) is 4.95. The fourth-order valence-electron chi connectivity index (χ4n) is 2.32. The molecule has 0 aliphatic heterocycles. The van der Waals surface area contributed by atoms with Crippen LogP contribution in [-0.2, 0) is 0 Å². The fraction of sp³-hybridized carbons (Fsp3) is 0.167. The maximum Gasteiger partial charge on any atom is 0.573 e. The minimum atomic E-state index is -4.75. The largest absolute Gasteiger partial charge is 0.573 e. The Labute approximate surface area is 142 Å². The molecule has 0 spiro atoms. The van der Waals surface area contributed by atoms with Crippen molar-refractivity contribution in [2.45, 2.75) is 19.3 Å². The van der Waals surface area contributed by atoms with Crippen LogP contribution in [0.5, 0.6) is 17.4 Å². The summed E-state index contributed by atoms with van der Waals surface area (Å²) < 4.78 is 46.2. The van der Waals surface area contributed by atoms with Crippen LogP contribution >= 0.6 is 0 Å². The van der Waals surface area contributed by atoms with E-state index in [9.17, 15) is 13.2 Å². The lowest BCUT2D eigenvalue weighted by molar-refractivity contribution is -0.274. The molecular formula is C18H15F3N2O2. The van der Waals surface area contributed by atoms with Crippen molar-refractivity contribution in [2.75, 3.05) is 0 Å². The van der Waals surface area contributed by atoms with E-state index in [1.54, 1.807) is 6.07 Å². The molecule has 0 saturated heterocycles. The van der Waals surface area contributed by atoms with Crippen LogP contribution in [0.3, 0.4) is 0 Å². The van der Waals surface area contributed by atoms with E-state index in [0.29, 0.717) is 5.52 Å². The standard InChI is InChI=1S/C18H15F3N2O2/c1-11(22)12-5-7-16-13(9-12)6-8-17(23-16)24-14-3-2-4-15(10-14)25-18(19,20)21/h2-11H,22H2,1H3. The average molecular weight is 348 g/mol. The van der Waals surface area contributed by atoms with Crippen molar-refractivity contribution in [3.05, 3.63) is 60.2 Å². The van der Waals surface area contributed by atoms with Crippen molar-refractivity contribution < 1.29 is 22.6 Å². The molecule has 3 aromatic rings. The number of rotatable bonds is 4. The number of fused-ring (bicyclic) bond motifs is 1. The van der Waals surface area contributed by atoms with Crippen LogP contribution in [0.1, 0.15) is 18.5 Å². The lowest BCUT2D eigenvalue weighted by Gasteiger charge is -2.11. The second kappa shape index (κ2) is 6.60. The van der Waals surface area contributed by atoms with Gasteiger partial charge in [0.05, 0.1) is 5.52 Å². The molecule has 2 N–H and O–H groups in total. The SMILES string of the molecule is CC(N)c1ccc2nc(Oc3cccc(OC(F)(F)F)c3)ccc2c1. The van der Waals surface area contributed by atoms with E-state index in [-0.39, 0.29) is 23.4 Å². The van der Waals surface area contributed by atoms with Crippen LogP contribution < -0.4 is 15.2 Å². The van der Waals surface area contributed by atoms with Crippen molar-refractivity contribution in [1.29, 1.82) is 0 Å². The summed E-state index contributed by atoms with van der Waals surface area (Å²) in [6.07, 6.45) is -4.75. The van der Waals surface area contributed by atoms with E-state index in [4.69, 9.17) is 10.5 Å². The smallest absolute Gasteiger partial charge is 0.439 e. The predicted molar refractivity (Wildman–Crippen MR) is 87.5 cm³/mol. The molecule has 0 aliphatic carbocycles. The molecular weight excluding hydrogens is 333 g/mol. The molecule has 4 nitrogen and oxygen atoms in total. The van der Waals surface area contributed by atoms with Gasteiger partial charge in [-0.2, -0.15) is 0 Å². The molecule has 3 rings (SSSR count). The summed E-state index contributed by atoms with van der Waals surface area (Å²) in [5.74, 6) is 0.110. The van der Waals surface area contributed by atoms with Gasteiger partial charge in [0, 0.05) is 23.6 Å². The lowest BCUT2D eigenvalue weighted by Crippen LogP contribution is -2.17. The number of hydrogen-bond acceptors (Lipinski definition) is 4. The van der Waals surface area contributed by atoms with Crippen LogP contribution in [0.25, 0.3) is 10.9 Å². The Bertz CT molecular complexity index is 895. The number of hydrogen-bond donors (Lipinski definition) is 1. The van der Waals surface area contributed by atoms with Gasteiger partial charge in [0.15, 0.2) is 0 Å². The van der Waals surface area contributed by atoms with Crippen LogP contribution in [0, 0.1) is 0 Å². The van der Waals surface area contributed by atoms with E-state index in [0.717, 1.165) is 17.0 Å². The summed E-state index contributed by atoms with van der Waals surface area (Å²) in [4.78, 5) is 4.35. The van der Waals surface area contributed by atoms with Crippen LogP contribution in [0.4, 0.5) is 13.2 Å². The third-order valence-corrected chi connectivity index (χ3v) is 3.47. The zero-order chi connectivity index (χ0) is 18.0. The molecule has 1 aromatic heterocycles. The fourth-order valence-corrected chi connectivity index (χ4v) is 2.32. The molecule has 1 unspecified atom stereocenters. The first-order valence-corrected chi connectivity index (χ1v) is 7.50. The van der Waals surface area contributed by atoms with Crippen LogP contribution in [0.2, 0.25) is 0 Å². The molecule has 0 amide bonds. The van der Waals surface area contributed by atoms with E-state index in [2.05, 4.69) is 9.72 Å². The molecule has 0 saturated carbocycles. The molecule has 7 heteroatoms. The molecule has 1 heterocycles. The third-order valence-electron chi connectivity index (χ3n) is 3.47. The van der Waals surface area contributed by atoms with Gasteiger partial charge in [-0.05, 0) is 42.8 Å². The Kier molecular flexibility index (Phi) is 4.50. The number of nitrogens with two attached hydrogens (primary N) is 1. The number of aromatic nitrogens is 1. The summed E-state index contributed by atoms with van der Waals surface area (Å²) >= 11 is 0. The zero-order valence-corrected chi connectivity index (χ0v) is 13.2. The normalized spacial score (nSPS) is 12.8. The van der Waals surface area contributed by atoms with Crippen molar-refractivity contribution in [2.24, 2.45) is 5.73 Å². The molecule has 2 aromatic carbocycles. The topological polar surface area (TPSA) is 57.4 Å². The summed E-state index contributed by atoms with van der Waals surface area (Å²) in [5, 5.41) is 0.899. The molecule has 0 radical (unpaired) electrons. The number of ether oxygens (including phenoxy) is 2. The van der Waals surface area contributed by atoms with Gasteiger partial charge in [0.1, 0.15) is 11.5 Å². The third kappa shape index (κ3) is 4.39. The summed E-state index contributed by atoms with van der Waals surface area (Å²) in [7, 11) is 0. The Morgan fingerprint density at radius 3 is 2.48 bits per heavy atom. The lowest BCUT2D eigenvalue weighted by atomic mass is 10.1. The maximum absolute atomic E-state index is 12.3. The van der Waals surface area contributed by atoms with Gasteiger partial charge in [-0.25, -0.2) is 4.98 Å². The highest BCUT2D eigenvalue weighted by atomic mass is 19.4. The van der Waals surface area contributed by atoms with Crippen LogP contribution in [0.15, 0.2) is 54.6 Å². The van der Waals surface area contributed by atoms with E-state index in [1.807, 2.05) is 31.2 Å². The van der Waals surface area contributed by atoms with Gasteiger partial charge in [0.2, 0.25) is 5.88 Å². The highest BCUT2D eigenvalue weighted by Crippen LogP contribution is 2.29. The van der Waals surface area contributed by atoms with Gasteiger partial charge < -0.3 is 15.2 Å². The van der Waals surface area contributed by atoms with Crippen molar-refractivity contribution >= 4 is 10.9 Å². The first kappa shape index (κ1) is 17.0. The van der Waals surface area contributed by atoms with E-state index >= 15 is 0 Å². The number of nitrogens with zero attached hydrogens (tertiary/aromatic N) is 1. The average Bonchev–Trinajstić information content (AvgIpc) is 2.53. The second-order valence-electron chi connectivity index (χ2n) is 5.52. The highest BCUT2D eigenvalue weighted by Gasteiger charge is 2.31. The van der Waals surface area contributed by atoms with Gasteiger partial charge >= 0.3 is 6.36 Å². The first-order valence-electron chi connectivity index (χ1n) is 7.50. The Morgan fingerprint density at radius 1 is 1.00 bits per heavy atom. The van der Waals surface area contributed by atoms with Crippen LogP contribution in [-0.4, -0.2) is 11.3 Å². The van der Waals surface area contributed by atoms with Gasteiger partial charge in [-0.15, -0.1) is 13.2 Å². The second-order valence-corrected chi connectivity index (χ2v) is 5.52. The molecule has 25 heavy (non-hydrogen) atoms. The van der Waals surface area contributed by atoms with E-state index in [1.165, 1.54) is 18.2 Å². The summed E-state index contributed by atoms with van der Waals surface area (Å²) in [6, 6.07) is 14.3. The molecule has 130 valence electrons. The number of benzene rings is 2.